The van der Waals surface area contributed by atoms with Gasteiger partial charge in [0.1, 0.15) is 23.1 Å². The molecule has 2 N–H and O–H groups in total. The van der Waals surface area contributed by atoms with E-state index in [1.54, 1.807) is 24.3 Å². The highest BCUT2D eigenvalue weighted by molar-refractivity contribution is 6.05. The van der Waals surface area contributed by atoms with Crippen LogP contribution in [0.3, 0.4) is 0 Å². The van der Waals surface area contributed by atoms with Crippen molar-refractivity contribution in [1.82, 2.24) is 0 Å². The third-order valence-corrected chi connectivity index (χ3v) is 6.10. The highest BCUT2D eigenvalue weighted by atomic mass is 16.3. The van der Waals surface area contributed by atoms with Crippen molar-refractivity contribution >= 4 is 11.6 Å². The van der Waals surface area contributed by atoms with Crippen LogP contribution in [0.1, 0.15) is 77.6 Å². The van der Waals surface area contributed by atoms with Crippen molar-refractivity contribution in [3.63, 3.8) is 0 Å². The molecule has 0 unspecified atom stereocenters. The zero-order valence-electron chi connectivity index (χ0n) is 20.1. The van der Waals surface area contributed by atoms with Crippen molar-refractivity contribution in [2.75, 3.05) is 0 Å². The van der Waals surface area contributed by atoms with Crippen molar-refractivity contribution in [2.24, 2.45) is 5.41 Å². The van der Waals surface area contributed by atoms with Crippen LogP contribution in [0, 0.1) is 5.41 Å². The van der Waals surface area contributed by atoms with E-state index in [0.717, 1.165) is 22.3 Å². The van der Waals surface area contributed by atoms with Crippen molar-refractivity contribution in [2.45, 2.75) is 79.1 Å². The SMILES string of the molecule is CC(=O)C(Cc1ccc(O)c(C(C)(C)C)c1)(Cc1ccc(O)c(C(C)(C)C)c1)C(C)=O. The Balaban J connectivity index is 2.56. The molecule has 0 radical (unpaired) electrons. The molecule has 0 amide bonds. The maximum absolute atomic E-state index is 12.9. The molecule has 4 nitrogen and oxygen atoms in total. The van der Waals surface area contributed by atoms with Gasteiger partial charge in [-0.3, -0.25) is 9.59 Å². The lowest BCUT2D eigenvalue weighted by atomic mass is 9.70. The molecule has 0 aliphatic rings. The number of benzene rings is 2. The van der Waals surface area contributed by atoms with E-state index in [2.05, 4.69) is 0 Å². The molecule has 0 atom stereocenters. The molecule has 168 valence electrons. The summed E-state index contributed by atoms with van der Waals surface area (Å²) in [5.74, 6) is 0.0493. The van der Waals surface area contributed by atoms with Crippen molar-refractivity contribution in [3.05, 3.63) is 58.7 Å². The van der Waals surface area contributed by atoms with Crippen LogP contribution >= 0.6 is 0 Å². The second-order valence-corrected chi connectivity index (χ2v) is 10.8. The van der Waals surface area contributed by atoms with Gasteiger partial charge >= 0.3 is 0 Å². The number of carbonyl (C=O) groups excluding carboxylic acids is 2. The van der Waals surface area contributed by atoms with Gasteiger partial charge in [-0.25, -0.2) is 0 Å². The number of ketones is 2. The third kappa shape index (κ3) is 5.36. The van der Waals surface area contributed by atoms with Gasteiger partial charge in [0.15, 0.2) is 0 Å². The Morgan fingerprint density at radius 3 is 1.26 bits per heavy atom. The number of carbonyl (C=O) groups is 2. The minimum atomic E-state index is -1.21. The quantitative estimate of drug-likeness (QED) is 0.588. The summed E-state index contributed by atoms with van der Waals surface area (Å²) in [5.41, 5.74) is 1.49. The van der Waals surface area contributed by atoms with Gasteiger partial charge in [-0.05, 0) is 71.9 Å². The summed E-state index contributed by atoms with van der Waals surface area (Å²) >= 11 is 0. The van der Waals surface area contributed by atoms with E-state index in [0.29, 0.717) is 0 Å². The second kappa shape index (κ2) is 8.49. The summed E-state index contributed by atoms with van der Waals surface area (Å²) in [6.45, 7) is 15.0. The molecule has 4 heteroatoms. The van der Waals surface area contributed by atoms with E-state index in [4.69, 9.17) is 0 Å². The molecule has 2 aromatic carbocycles. The normalized spacial score (nSPS) is 12.6. The summed E-state index contributed by atoms with van der Waals surface area (Å²) in [7, 11) is 0. The monoisotopic (exact) mass is 424 g/mol. The van der Waals surface area contributed by atoms with E-state index in [-0.39, 0.29) is 46.7 Å². The number of aromatic hydroxyl groups is 2. The van der Waals surface area contributed by atoms with Gasteiger partial charge in [0.2, 0.25) is 0 Å². The maximum atomic E-state index is 12.9. The van der Waals surface area contributed by atoms with Crippen LogP contribution in [0.25, 0.3) is 0 Å². The second-order valence-electron chi connectivity index (χ2n) is 10.8. The largest absolute Gasteiger partial charge is 0.508 e. The number of rotatable bonds is 6. The molecule has 0 aliphatic heterocycles. The Kier molecular flexibility index (Phi) is 6.75. The lowest BCUT2D eigenvalue weighted by Gasteiger charge is -2.31. The summed E-state index contributed by atoms with van der Waals surface area (Å²) in [6, 6.07) is 10.6. The number of phenolic OH excluding ortho intramolecular Hbond substituents is 2. The van der Waals surface area contributed by atoms with E-state index in [1.807, 2.05) is 53.7 Å². The van der Waals surface area contributed by atoms with Crippen LogP contribution in [0.2, 0.25) is 0 Å². The van der Waals surface area contributed by atoms with E-state index < -0.39 is 5.41 Å². The molecule has 0 heterocycles. The van der Waals surface area contributed by atoms with Crippen LogP contribution < -0.4 is 0 Å². The molecule has 0 bridgehead atoms. The highest BCUT2D eigenvalue weighted by Gasteiger charge is 2.41. The van der Waals surface area contributed by atoms with Gasteiger partial charge in [-0.15, -0.1) is 0 Å². The predicted molar refractivity (Wildman–Crippen MR) is 125 cm³/mol. The number of hydrogen-bond acceptors (Lipinski definition) is 4. The van der Waals surface area contributed by atoms with E-state index in [9.17, 15) is 19.8 Å². The molecule has 0 aromatic heterocycles. The zero-order valence-corrected chi connectivity index (χ0v) is 20.1. The first-order valence-corrected chi connectivity index (χ1v) is 10.7. The minimum absolute atomic E-state index is 0.184. The number of hydrogen-bond donors (Lipinski definition) is 2. The predicted octanol–water partition coefficient (Wildman–Crippen LogP) is 5.64. The van der Waals surface area contributed by atoms with E-state index in [1.165, 1.54) is 13.8 Å². The number of Topliss-reactive ketones (excluding diaryl/α,β-unsaturated/α-hetero) is 2. The van der Waals surface area contributed by atoms with Crippen molar-refractivity contribution in [3.8, 4) is 11.5 Å². The molecule has 0 saturated carbocycles. The maximum Gasteiger partial charge on any atom is 0.144 e. The molecule has 2 aromatic rings. The smallest absolute Gasteiger partial charge is 0.144 e. The summed E-state index contributed by atoms with van der Waals surface area (Å²) < 4.78 is 0. The standard InChI is InChI=1S/C27H36O4/c1-17(28)27(18(2)29,15-19-9-11-23(30)21(13-19)25(3,4)5)16-20-10-12-24(31)22(14-20)26(6,7)8/h9-14,30-31H,15-16H2,1-8H3. The Morgan fingerprint density at radius 2 is 1.00 bits per heavy atom. The fraction of sp³-hybridized carbons (Fsp3) is 0.481. The van der Waals surface area contributed by atoms with Crippen LogP contribution in [0.4, 0.5) is 0 Å². The van der Waals surface area contributed by atoms with Crippen molar-refractivity contribution < 1.29 is 19.8 Å². The van der Waals surface area contributed by atoms with Crippen LogP contribution in [-0.2, 0) is 33.3 Å². The number of phenols is 2. The van der Waals surface area contributed by atoms with Crippen LogP contribution in [-0.4, -0.2) is 21.8 Å². The zero-order chi connectivity index (χ0) is 23.8. The van der Waals surface area contributed by atoms with Crippen LogP contribution in [0.15, 0.2) is 36.4 Å². The summed E-state index contributed by atoms with van der Waals surface area (Å²) in [6.07, 6.45) is 0.513. The molecular weight excluding hydrogens is 388 g/mol. The van der Waals surface area contributed by atoms with Gasteiger partial charge in [0.25, 0.3) is 0 Å². The third-order valence-electron chi connectivity index (χ3n) is 6.10. The van der Waals surface area contributed by atoms with Gasteiger partial charge in [0, 0.05) is 0 Å². The summed E-state index contributed by atoms with van der Waals surface area (Å²) in [5, 5.41) is 20.6. The topological polar surface area (TPSA) is 74.6 Å². The molecule has 0 fully saturated rings. The molecular formula is C27H36O4. The molecule has 0 spiro atoms. The first-order valence-electron chi connectivity index (χ1n) is 10.7. The fourth-order valence-electron chi connectivity index (χ4n) is 4.09. The molecule has 0 saturated heterocycles. The van der Waals surface area contributed by atoms with Crippen LogP contribution in [0.5, 0.6) is 11.5 Å². The van der Waals surface area contributed by atoms with Gasteiger partial charge in [-0.2, -0.15) is 0 Å². The lowest BCUT2D eigenvalue weighted by Crippen LogP contribution is -2.41. The Morgan fingerprint density at radius 1 is 0.677 bits per heavy atom. The average Bonchev–Trinajstić information content (AvgIpc) is 2.61. The summed E-state index contributed by atoms with van der Waals surface area (Å²) in [4.78, 5) is 25.8. The first-order chi connectivity index (χ1) is 14.1. The van der Waals surface area contributed by atoms with Gasteiger partial charge in [0.05, 0.1) is 5.41 Å². The Labute approximate surface area is 186 Å². The van der Waals surface area contributed by atoms with Gasteiger partial charge in [-0.1, -0.05) is 65.8 Å². The highest BCUT2D eigenvalue weighted by Crippen LogP contribution is 2.37. The average molecular weight is 425 g/mol. The molecule has 31 heavy (non-hydrogen) atoms. The van der Waals surface area contributed by atoms with Crippen molar-refractivity contribution in [1.29, 1.82) is 0 Å². The Bertz CT molecular complexity index is 906. The Hall–Kier alpha value is -2.62. The first kappa shape index (κ1) is 24.6. The lowest BCUT2D eigenvalue weighted by molar-refractivity contribution is -0.138. The van der Waals surface area contributed by atoms with E-state index >= 15 is 0 Å². The van der Waals surface area contributed by atoms with Gasteiger partial charge < -0.3 is 10.2 Å². The molecule has 0 aliphatic carbocycles. The molecule has 2 rings (SSSR count). The fourth-order valence-corrected chi connectivity index (χ4v) is 4.09. The minimum Gasteiger partial charge on any atom is -0.508 e.